The van der Waals surface area contributed by atoms with Crippen LogP contribution in [0.2, 0.25) is 0 Å². The predicted molar refractivity (Wildman–Crippen MR) is 50.4 cm³/mol. The van der Waals surface area contributed by atoms with Crippen LogP contribution < -0.4 is 5.73 Å². The van der Waals surface area contributed by atoms with E-state index in [1.165, 1.54) is 12.2 Å². The van der Waals surface area contributed by atoms with Crippen molar-refractivity contribution in [2.45, 2.75) is 32.4 Å². The van der Waals surface area contributed by atoms with Crippen molar-refractivity contribution in [1.82, 2.24) is 0 Å². The minimum atomic E-state index is 0.676. The summed E-state index contributed by atoms with van der Waals surface area (Å²) in [6.07, 6.45) is 1.24. The second-order valence-electron chi connectivity index (χ2n) is 2.62. The smallest absolute Gasteiger partial charge is 0.0195 e. The van der Waals surface area contributed by atoms with Gasteiger partial charge in [-0.3, -0.25) is 0 Å². The SMILES string of the molecule is CCSC(CN)C(C)CC. The van der Waals surface area contributed by atoms with Gasteiger partial charge in [0.15, 0.2) is 0 Å². The van der Waals surface area contributed by atoms with Crippen LogP contribution in [-0.4, -0.2) is 17.5 Å². The van der Waals surface area contributed by atoms with Gasteiger partial charge < -0.3 is 5.73 Å². The topological polar surface area (TPSA) is 26.0 Å². The summed E-state index contributed by atoms with van der Waals surface area (Å²) in [6, 6.07) is 0. The lowest BCUT2D eigenvalue weighted by Gasteiger charge is -2.19. The van der Waals surface area contributed by atoms with E-state index in [0.717, 1.165) is 12.5 Å². The molecule has 0 aliphatic carbocycles. The number of hydrogen-bond donors (Lipinski definition) is 1. The summed E-state index contributed by atoms with van der Waals surface area (Å²) in [5.74, 6) is 1.96. The Hall–Kier alpha value is 0.310. The summed E-state index contributed by atoms with van der Waals surface area (Å²) in [5.41, 5.74) is 5.61. The molecule has 2 heteroatoms. The Morgan fingerprint density at radius 2 is 2.00 bits per heavy atom. The van der Waals surface area contributed by atoms with E-state index in [9.17, 15) is 0 Å². The molecule has 0 radical (unpaired) electrons. The average Bonchev–Trinajstić information content (AvgIpc) is 1.99. The molecule has 0 saturated carbocycles. The van der Waals surface area contributed by atoms with Gasteiger partial charge in [0, 0.05) is 11.8 Å². The number of nitrogens with two attached hydrogens (primary N) is 1. The Balaban J connectivity index is 3.56. The molecular formula is C8H19NS. The first-order valence-corrected chi connectivity index (χ1v) is 5.12. The fourth-order valence-corrected chi connectivity index (χ4v) is 2.03. The third kappa shape index (κ3) is 3.47. The highest BCUT2D eigenvalue weighted by Gasteiger charge is 2.12. The van der Waals surface area contributed by atoms with E-state index in [1.54, 1.807) is 0 Å². The summed E-state index contributed by atoms with van der Waals surface area (Å²) in [5, 5.41) is 0.676. The zero-order valence-electron chi connectivity index (χ0n) is 7.26. The van der Waals surface area contributed by atoms with Crippen molar-refractivity contribution in [2.75, 3.05) is 12.3 Å². The van der Waals surface area contributed by atoms with Crippen molar-refractivity contribution in [1.29, 1.82) is 0 Å². The van der Waals surface area contributed by atoms with Crippen molar-refractivity contribution in [2.24, 2.45) is 11.7 Å². The van der Waals surface area contributed by atoms with Gasteiger partial charge >= 0.3 is 0 Å². The van der Waals surface area contributed by atoms with E-state index < -0.39 is 0 Å². The van der Waals surface area contributed by atoms with Gasteiger partial charge in [-0.05, 0) is 11.7 Å². The Morgan fingerprint density at radius 1 is 1.40 bits per heavy atom. The van der Waals surface area contributed by atoms with Crippen molar-refractivity contribution >= 4 is 11.8 Å². The van der Waals surface area contributed by atoms with Crippen LogP contribution in [-0.2, 0) is 0 Å². The van der Waals surface area contributed by atoms with Gasteiger partial charge in [-0.15, -0.1) is 0 Å². The van der Waals surface area contributed by atoms with Crippen molar-refractivity contribution in [3.8, 4) is 0 Å². The summed E-state index contributed by atoms with van der Waals surface area (Å²) >= 11 is 1.98. The van der Waals surface area contributed by atoms with Crippen molar-refractivity contribution in [3.05, 3.63) is 0 Å². The molecule has 0 saturated heterocycles. The molecule has 0 aromatic rings. The van der Waals surface area contributed by atoms with E-state index >= 15 is 0 Å². The maximum absolute atomic E-state index is 5.61. The lowest BCUT2D eigenvalue weighted by molar-refractivity contribution is 0.538. The monoisotopic (exact) mass is 161 g/mol. The van der Waals surface area contributed by atoms with E-state index in [4.69, 9.17) is 5.73 Å². The maximum atomic E-state index is 5.61. The Morgan fingerprint density at radius 3 is 2.30 bits per heavy atom. The summed E-state index contributed by atoms with van der Waals surface area (Å²) in [6.45, 7) is 7.52. The Kier molecular flexibility index (Phi) is 6.24. The number of rotatable bonds is 5. The largest absolute Gasteiger partial charge is 0.329 e. The van der Waals surface area contributed by atoms with Crippen LogP contribution in [0.5, 0.6) is 0 Å². The second kappa shape index (κ2) is 6.05. The summed E-state index contributed by atoms with van der Waals surface area (Å²) < 4.78 is 0. The van der Waals surface area contributed by atoms with Gasteiger partial charge in [0.05, 0.1) is 0 Å². The molecule has 0 aromatic heterocycles. The fraction of sp³-hybridized carbons (Fsp3) is 1.00. The molecule has 2 atom stereocenters. The highest BCUT2D eigenvalue weighted by atomic mass is 32.2. The molecule has 0 bridgehead atoms. The second-order valence-corrected chi connectivity index (χ2v) is 4.13. The molecule has 2 unspecified atom stereocenters. The quantitative estimate of drug-likeness (QED) is 0.668. The van der Waals surface area contributed by atoms with Crippen LogP contribution in [0.4, 0.5) is 0 Å². The van der Waals surface area contributed by atoms with E-state index in [2.05, 4.69) is 20.8 Å². The predicted octanol–water partition coefficient (Wildman–Crippen LogP) is 2.11. The van der Waals surface area contributed by atoms with E-state index in [0.29, 0.717) is 5.25 Å². The van der Waals surface area contributed by atoms with Crippen LogP contribution in [0.15, 0.2) is 0 Å². The van der Waals surface area contributed by atoms with Crippen molar-refractivity contribution < 1.29 is 0 Å². The standard InChI is InChI=1S/C8H19NS/c1-4-7(3)8(6-9)10-5-2/h7-8H,4-6,9H2,1-3H3. The molecule has 0 rings (SSSR count). The molecule has 0 aliphatic rings. The van der Waals surface area contributed by atoms with Gasteiger partial charge in [-0.2, -0.15) is 11.8 Å². The van der Waals surface area contributed by atoms with E-state index in [1.807, 2.05) is 11.8 Å². The van der Waals surface area contributed by atoms with Gasteiger partial charge in [-0.25, -0.2) is 0 Å². The highest BCUT2D eigenvalue weighted by molar-refractivity contribution is 7.99. The third-order valence-electron chi connectivity index (χ3n) is 1.89. The van der Waals surface area contributed by atoms with Crippen LogP contribution in [0.25, 0.3) is 0 Å². The Bertz CT molecular complexity index is 75.7. The van der Waals surface area contributed by atoms with Crippen LogP contribution in [0.3, 0.4) is 0 Å². The normalized spacial score (nSPS) is 16.8. The molecule has 1 nitrogen and oxygen atoms in total. The Labute approximate surface area is 68.8 Å². The van der Waals surface area contributed by atoms with Crippen LogP contribution >= 0.6 is 11.8 Å². The number of hydrogen-bond acceptors (Lipinski definition) is 2. The first-order chi connectivity index (χ1) is 4.76. The summed E-state index contributed by atoms with van der Waals surface area (Å²) in [4.78, 5) is 0. The van der Waals surface area contributed by atoms with Gasteiger partial charge in [0.1, 0.15) is 0 Å². The first kappa shape index (κ1) is 10.3. The minimum Gasteiger partial charge on any atom is -0.329 e. The summed E-state index contributed by atoms with van der Waals surface area (Å²) in [7, 11) is 0. The van der Waals surface area contributed by atoms with Gasteiger partial charge in [0.25, 0.3) is 0 Å². The third-order valence-corrected chi connectivity index (χ3v) is 3.31. The molecule has 0 fully saturated rings. The number of thioether (sulfide) groups is 1. The van der Waals surface area contributed by atoms with Gasteiger partial charge in [-0.1, -0.05) is 27.2 Å². The molecule has 0 aromatic carbocycles. The fourth-order valence-electron chi connectivity index (χ4n) is 0.942. The zero-order valence-corrected chi connectivity index (χ0v) is 8.08. The van der Waals surface area contributed by atoms with Gasteiger partial charge in [0.2, 0.25) is 0 Å². The zero-order chi connectivity index (χ0) is 7.98. The molecule has 62 valence electrons. The van der Waals surface area contributed by atoms with Crippen LogP contribution in [0.1, 0.15) is 27.2 Å². The lowest BCUT2D eigenvalue weighted by atomic mass is 10.1. The molecule has 0 aliphatic heterocycles. The molecule has 0 heterocycles. The highest BCUT2D eigenvalue weighted by Crippen LogP contribution is 2.20. The molecule has 0 spiro atoms. The molecular weight excluding hydrogens is 142 g/mol. The first-order valence-electron chi connectivity index (χ1n) is 4.07. The van der Waals surface area contributed by atoms with Crippen molar-refractivity contribution in [3.63, 3.8) is 0 Å². The van der Waals surface area contributed by atoms with Crippen LogP contribution in [0, 0.1) is 5.92 Å². The molecule has 0 amide bonds. The molecule has 10 heavy (non-hydrogen) atoms. The molecule has 2 N–H and O–H groups in total. The lowest BCUT2D eigenvalue weighted by Crippen LogP contribution is -2.24. The average molecular weight is 161 g/mol. The minimum absolute atomic E-state index is 0.676. The van der Waals surface area contributed by atoms with E-state index in [-0.39, 0.29) is 0 Å². The maximum Gasteiger partial charge on any atom is 0.0195 e.